The van der Waals surface area contributed by atoms with Crippen LogP contribution >= 0.6 is 0 Å². The quantitative estimate of drug-likeness (QED) is 0.594. The molecule has 30 heavy (non-hydrogen) atoms. The summed E-state index contributed by atoms with van der Waals surface area (Å²) in [4.78, 5) is 18.3. The fourth-order valence-corrected chi connectivity index (χ4v) is 3.65. The zero-order valence-electron chi connectivity index (χ0n) is 17.2. The van der Waals surface area contributed by atoms with E-state index in [1.807, 2.05) is 24.3 Å². The van der Waals surface area contributed by atoms with Crippen LogP contribution in [-0.4, -0.2) is 20.9 Å². The first-order valence-electron chi connectivity index (χ1n) is 9.91. The summed E-state index contributed by atoms with van der Waals surface area (Å²) >= 11 is 0. The monoisotopic (exact) mass is 411 g/mol. The second-order valence-electron chi connectivity index (χ2n) is 8.56. The maximum absolute atomic E-state index is 14.1. The number of aromatic nitrogens is 2. The van der Waals surface area contributed by atoms with Gasteiger partial charge in [0.15, 0.2) is 0 Å². The van der Waals surface area contributed by atoms with Crippen molar-refractivity contribution in [3.63, 3.8) is 0 Å². The number of nitrogens with zero attached hydrogens (tertiary/aromatic N) is 3. The molecule has 1 unspecified atom stereocenters. The van der Waals surface area contributed by atoms with Gasteiger partial charge in [0, 0.05) is 17.5 Å². The number of likely N-dealkylation sites (tertiary alicyclic amines) is 1. The Bertz CT molecular complexity index is 1050. The minimum Gasteiger partial charge on any atom is -0.337 e. The van der Waals surface area contributed by atoms with Crippen molar-refractivity contribution in [3.8, 4) is 11.4 Å². The van der Waals surface area contributed by atoms with E-state index in [1.54, 1.807) is 0 Å². The number of rotatable bonds is 4. The number of hydrogen-bond acceptors (Lipinski definition) is 4. The van der Waals surface area contributed by atoms with E-state index >= 15 is 0 Å². The Morgan fingerprint density at radius 2 is 1.77 bits per heavy atom. The molecule has 156 valence electrons. The van der Waals surface area contributed by atoms with Gasteiger partial charge >= 0.3 is 0 Å². The summed E-state index contributed by atoms with van der Waals surface area (Å²) in [6, 6.07) is 11.1. The highest BCUT2D eigenvalue weighted by Crippen LogP contribution is 2.35. The summed E-state index contributed by atoms with van der Waals surface area (Å²) in [5.74, 6) is -0.872. The van der Waals surface area contributed by atoms with Crippen LogP contribution in [0, 0.1) is 11.6 Å². The van der Waals surface area contributed by atoms with Crippen LogP contribution in [-0.2, 0) is 16.8 Å². The van der Waals surface area contributed by atoms with E-state index in [0.717, 1.165) is 5.56 Å². The van der Waals surface area contributed by atoms with Crippen molar-refractivity contribution in [2.75, 3.05) is 0 Å². The molecule has 1 aliphatic heterocycles. The first-order chi connectivity index (χ1) is 14.2. The smallest absolute Gasteiger partial charge is 0.249 e. The van der Waals surface area contributed by atoms with Gasteiger partial charge in [0.05, 0.1) is 6.54 Å². The lowest BCUT2D eigenvalue weighted by Crippen LogP contribution is -2.28. The first-order valence-corrected chi connectivity index (χ1v) is 9.91. The fourth-order valence-electron chi connectivity index (χ4n) is 3.65. The van der Waals surface area contributed by atoms with E-state index in [-0.39, 0.29) is 35.7 Å². The number of halogens is 2. The topological polar surface area (TPSA) is 59.2 Å². The second kappa shape index (κ2) is 7.63. The first kappa shape index (κ1) is 20.2. The third kappa shape index (κ3) is 3.84. The number of carbonyl (C=O) groups is 1. The van der Waals surface area contributed by atoms with E-state index < -0.39 is 17.7 Å². The van der Waals surface area contributed by atoms with Crippen molar-refractivity contribution >= 4 is 5.91 Å². The van der Waals surface area contributed by atoms with Crippen LogP contribution in [0.2, 0.25) is 0 Å². The predicted molar refractivity (Wildman–Crippen MR) is 107 cm³/mol. The van der Waals surface area contributed by atoms with Gasteiger partial charge in [0.25, 0.3) is 0 Å². The average molecular weight is 411 g/mol. The van der Waals surface area contributed by atoms with E-state index in [9.17, 15) is 13.6 Å². The Morgan fingerprint density at radius 1 is 1.10 bits per heavy atom. The molecule has 0 spiro atoms. The molecule has 2 aromatic carbocycles. The zero-order chi connectivity index (χ0) is 21.5. The lowest BCUT2D eigenvalue weighted by atomic mass is 9.87. The molecule has 1 amide bonds. The minimum atomic E-state index is -0.682. The van der Waals surface area contributed by atoms with Crippen LogP contribution in [0.3, 0.4) is 0 Å². The third-order valence-corrected chi connectivity index (χ3v) is 5.45. The summed E-state index contributed by atoms with van der Waals surface area (Å²) in [5, 5.41) is 4.05. The molecule has 0 radical (unpaired) electrons. The van der Waals surface area contributed by atoms with Crippen LogP contribution in [0.4, 0.5) is 8.78 Å². The van der Waals surface area contributed by atoms with Crippen LogP contribution < -0.4 is 0 Å². The molecular weight excluding hydrogens is 388 g/mol. The summed E-state index contributed by atoms with van der Waals surface area (Å²) in [7, 11) is 0. The molecule has 7 heteroatoms. The molecule has 1 atom stereocenters. The van der Waals surface area contributed by atoms with E-state index in [4.69, 9.17) is 4.52 Å². The summed E-state index contributed by atoms with van der Waals surface area (Å²) in [6.45, 7) is 6.23. The average Bonchev–Trinajstić information content (AvgIpc) is 3.31. The maximum atomic E-state index is 14.1. The molecule has 1 aliphatic rings. The van der Waals surface area contributed by atoms with Crippen molar-refractivity contribution in [2.45, 2.75) is 51.6 Å². The fraction of sp³-hybridized carbons (Fsp3) is 0.348. The molecule has 0 bridgehead atoms. The van der Waals surface area contributed by atoms with Gasteiger partial charge in [0.1, 0.15) is 17.7 Å². The van der Waals surface area contributed by atoms with Crippen LogP contribution in [0.5, 0.6) is 0 Å². The van der Waals surface area contributed by atoms with E-state index in [2.05, 4.69) is 30.9 Å². The Labute approximate surface area is 173 Å². The highest BCUT2D eigenvalue weighted by atomic mass is 19.1. The Balaban J connectivity index is 1.58. The number of hydrogen-bond donors (Lipinski definition) is 0. The van der Waals surface area contributed by atoms with Gasteiger partial charge < -0.3 is 9.42 Å². The zero-order valence-corrected chi connectivity index (χ0v) is 17.2. The van der Waals surface area contributed by atoms with Gasteiger partial charge in [-0.15, -0.1) is 0 Å². The summed E-state index contributed by atoms with van der Waals surface area (Å²) in [5.41, 5.74) is 1.88. The van der Waals surface area contributed by atoms with Crippen LogP contribution in [0.25, 0.3) is 11.4 Å². The molecule has 1 saturated heterocycles. The number of benzene rings is 2. The molecule has 5 nitrogen and oxygen atoms in total. The molecule has 0 saturated carbocycles. The van der Waals surface area contributed by atoms with Crippen molar-refractivity contribution in [2.24, 2.45) is 0 Å². The molecule has 1 fully saturated rings. The standard InChI is InChI=1S/C23H23F2N3O2/c1-23(2,3)15-9-7-14(8-10-15)21-26-22(30-27-21)19-11-12-20(29)28(19)13-16-17(24)5-4-6-18(16)25/h4-10,19H,11-13H2,1-3H3. The van der Waals surface area contributed by atoms with Gasteiger partial charge in [0.2, 0.25) is 17.6 Å². The highest BCUT2D eigenvalue weighted by Gasteiger charge is 2.37. The van der Waals surface area contributed by atoms with Gasteiger partial charge in [-0.25, -0.2) is 8.78 Å². The van der Waals surface area contributed by atoms with Crippen molar-refractivity contribution in [1.29, 1.82) is 0 Å². The number of amides is 1. The molecule has 0 N–H and O–H groups in total. The summed E-state index contributed by atoms with van der Waals surface area (Å²) < 4.78 is 33.6. The highest BCUT2D eigenvalue weighted by molar-refractivity contribution is 5.78. The lowest BCUT2D eigenvalue weighted by Gasteiger charge is -2.22. The van der Waals surface area contributed by atoms with Crippen molar-refractivity contribution in [3.05, 3.63) is 71.1 Å². The Morgan fingerprint density at radius 3 is 2.40 bits per heavy atom. The van der Waals surface area contributed by atoms with Gasteiger partial charge in [-0.2, -0.15) is 4.98 Å². The third-order valence-electron chi connectivity index (χ3n) is 5.45. The van der Waals surface area contributed by atoms with Gasteiger partial charge in [-0.3, -0.25) is 4.79 Å². The molecule has 4 rings (SSSR count). The molecule has 3 aromatic rings. The predicted octanol–water partition coefficient (Wildman–Crippen LogP) is 5.18. The van der Waals surface area contributed by atoms with E-state index in [0.29, 0.717) is 12.2 Å². The minimum absolute atomic E-state index is 0.0354. The van der Waals surface area contributed by atoms with E-state index in [1.165, 1.54) is 28.7 Å². The SMILES string of the molecule is CC(C)(C)c1ccc(-c2noc(C3CCC(=O)N3Cc3c(F)cccc3F)n2)cc1. The van der Waals surface area contributed by atoms with Crippen LogP contribution in [0.1, 0.15) is 56.7 Å². The Kier molecular flexibility index (Phi) is 5.13. The molecule has 1 aromatic heterocycles. The van der Waals surface area contributed by atoms with Crippen molar-refractivity contribution < 1.29 is 18.1 Å². The summed E-state index contributed by atoms with van der Waals surface area (Å²) in [6.07, 6.45) is 0.720. The normalized spacial score (nSPS) is 17.0. The van der Waals surface area contributed by atoms with Crippen molar-refractivity contribution in [1.82, 2.24) is 15.0 Å². The largest absolute Gasteiger partial charge is 0.337 e. The molecule has 2 heterocycles. The Hall–Kier alpha value is -3.09. The second-order valence-corrected chi connectivity index (χ2v) is 8.56. The van der Waals surface area contributed by atoms with Gasteiger partial charge in [-0.1, -0.05) is 56.3 Å². The molecular formula is C23H23F2N3O2. The lowest BCUT2D eigenvalue weighted by molar-refractivity contribution is -0.130. The maximum Gasteiger partial charge on any atom is 0.249 e. The molecule has 0 aliphatic carbocycles. The number of carbonyl (C=O) groups excluding carboxylic acids is 1. The van der Waals surface area contributed by atoms with Crippen LogP contribution in [0.15, 0.2) is 47.0 Å². The van der Waals surface area contributed by atoms with Gasteiger partial charge in [-0.05, 0) is 29.5 Å².